The van der Waals surface area contributed by atoms with Crippen LogP contribution in [0.4, 0.5) is 16.2 Å². The van der Waals surface area contributed by atoms with Gasteiger partial charge in [0.05, 0.1) is 23.4 Å². The third-order valence-electron chi connectivity index (χ3n) is 4.96. The quantitative estimate of drug-likeness (QED) is 0.796. The molecule has 25 heavy (non-hydrogen) atoms. The summed E-state index contributed by atoms with van der Waals surface area (Å²) in [7, 11) is 0. The summed E-state index contributed by atoms with van der Waals surface area (Å²) in [5.41, 5.74) is 3.10. The molecule has 1 N–H and O–H groups in total. The molecule has 2 aliphatic rings. The zero-order valence-corrected chi connectivity index (χ0v) is 13.7. The highest BCUT2D eigenvalue weighted by Crippen LogP contribution is 2.33. The van der Waals surface area contributed by atoms with Crippen LogP contribution in [0.15, 0.2) is 48.9 Å². The molecule has 2 aliphatic heterocycles. The summed E-state index contributed by atoms with van der Waals surface area (Å²) < 4.78 is 1.97. The van der Waals surface area contributed by atoms with Crippen molar-refractivity contribution in [3.8, 4) is 0 Å². The van der Waals surface area contributed by atoms with E-state index in [4.69, 9.17) is 0 Å². The van der Waals surface area contributed by atoms with Crippen molar-refractivity contribution in [2.75, 3.05) is 36.0 Å². The van der Waals surface area contributed by atoms with Gasteiger partial charge in [0.25, 0.3) is 0 Å². The Morgan fingerprint density at radius 1 is 1.16 bits per heavy atom. The minimum Gasteiger partial charge on any atom is -0.367 e. The second-order valence-corrected chi connectivity index (χ2v) is 6.47. The second kappa shape index (κ2) is 5.47. The number of fused-ring (bicyclic) bond motifs is 1. The fourth-order valence-electron chi connectivity index (χ4n) is 3.56. The molecule has 0 bridgehead atoms. The van der Waals surface area contributed by atoms with Crippen LogP contribution >= 0.6 is 0 Å². The van der Waals surface area contributed by atoms with E-state index in [0.717, 1.165) is 24.3 Å². The third kappa shape index (κ3) is 2.31. The standard InChI is InChI=1S/C18H18N6O/c25-18-20-7-8-23(18)13-9-21-24(12-13)14-10-22(11-14)17-5-6-19-16-4-2-1-3-15(16)17/h1-6,9,12,14H,7-8,10-11H2,(H,20,25). The van der Waals surface area contributed by atoms with Crippen molar-refractivity contribution in [1.82, 2.24) is 20.1 Å². The van der Waals surface area contributed by atoms with E-state index in [0.29, 0.717) is 19.1 Å². The maximum absolute atomic E-state index is 11.8. The number of para-hydroxylation sites is 1. The zero-order valence-electron chi connectivity index (χ0n) is 13.7. The summed E-state index contributed by atoms with van der Waals surface area (Å²) in [4.78, 5) is 20.3. The molecule has 0 unspecified atom stereocenters. The summed E-state index contributed by atoms with van der Waals surface area (Å²) >= 11 is 0. The van der Waals surface area contributed by atoms with E-state index in [9.17, 15) is 4.79 Å². The number of rotatable bonds is 3. The molecule has 0 spiro atoms. The smallest absolute Gasteiger partial charge is 0.322 e. The van der Waals surface area contributed by atoms with Crippen LogP contribution in [0.25, 0.3) is 10.9 Å². The third-order valence-corrected chi connectivity index (χ3v) is 4.96. The predicted octanol–water partition coefficient (Wildman–Crippen LogP) is 2.02. The van der Waals surface area contributed by atoms with Gasteiger partial charge in [-0.2, -0.15) is 5.10 Å². The highest BCUT2D eigenvalue weighted by atomic mass is 16.2. The van der Waals surface area contributed by atoms with Crippen molar-refractivity contribution in [3.05, 3.63) is 48.9 Å². The summed E-state index contributed by atoms with van der Waals surface area (Å²) in [6, 6.07) is 10.6. The first-order valence-corrected chi connectivity index (χ1v) is 8.48. The number of pyridine rings is 1. The molecule has 3 aromatic rings. The molecule has 4 heterocycles. The molecule has 5 rings (SSSR count). The summed E-state index contributed by atoms with van der Waals surface area (Å²) in [5.74, 6) is 0. The van der Waals surface area contributed by atoms with Gasteiger partial charge in [-0.25, -0.2) is 4.79 Å². The number of carbonyl (C=O) groups excluding carboxylic acids is 1. The van der Waals surface area contributed by atoms with E-state index in [2.05, 4.69) is 32.4 Å². The number of amides is 2. The van der Waals surface area contributed by atoms with E-state index in [-0.39, 0.29) is 6.03 Å². The Balaban J connectivity index is 1.33. The lowest BCUT2D eigenvalue weighted by atomic mass is 10.1. The van der Waals surface area contributed by atoms with Gasteiger partial charge in [-0.15, -0.1) is 0 Å². The maximum atomic E-state index is 11.8. The first-order valence-electron chi connectivity index (χ1n) is 8.48. The molecule has 7 heteroatoms. The number of nitrogens with one attached hydrogen (secondary N) is 1. The lowest BCUT2D eigenvalue weighted by molar-refractivity contribution is 0.252. The average molecular weight is 334 g/mol. The van der Waals surface area contributed by atoms with Crippen LogP contribution in [0.5, 0.6) is 0 Å². The monoisotopic (exact) mass is 334 g/mol. The van der Waals surface area contributed by atoms with Gasteiger partial charge in [0.2, 0.25) is 0 Å². The summed E-state index contributed by atoms with van der Waals surface area (Å²) in [6.07, 6.45) is 5.61. The zero-order chi connectivity index (χ0) is 16.8. The van der Waals surface area contributed by atoms with E-state index in [1.807, 2.05) is 35.3 Å². The molecular weight excluding hydrogens is 316 g/mol. The number of anilines is 2. The van der Waals surface area contributed by atoms with Crippen LogP contribution < -0.4 is 15.1 Å². The fourth-order valence-corrected chi connectivity index (χ4v) is 3.56. The van der Waals surface area contributed by atoms with Gasteiger partial charge >= 0.3 is 6.03 Å². The maximum Gasteiger partial charge on any atom is 0.322 e. The Kier molecular flexibility index (Phi) is 3.12. The SMILES string of the molecule is O=C1NCCN1c1cnn(C2CN(c3ccnc4ccccc34)C2)c1. The van der Waals surface area contributed by atoms with Crippen molar-refractivity contribution in [2.45, 2.75) is 6.04 Å². The number of carbonyl (C=O) groups is 1. The largest absolute Gasteiger partial charge is 0.367 e. The summed E-state index contributed by atoms with van der Waals surface area (Å²) in [5, 5.41) is 8.46. The van der Waals surface area contributed by atoms with Gasteiger partial charge in [-0.1, -0.05) is 18.2 Å². The lowest BCUT2D eigenvalue weighted by Crippen LogP contribution is -2.48. The molecule has 0 radical (unpaired) electrons. The Bertz CT molecular complexity index is 940. The van der Waals surface area contributed by atoms with E-state index < -0.39 is 0 Å². The van der Waals surface area contributed by atoms with E-state index in [1.54, 1.807) is 11.1 Å². The number of hydrogen-bond acceptors (Lipinski definition) is 4. The van der Waals surface area contributed by atoms with Crippen LogP contribution in [-0.2, 0) is 0 Å². The molecule has 126 valence electrons. The number of nitrogens with zero attached hydrogens (tertiary/aromatic N) is 5. The lowest BCUT2D eigenvalue weighted by Gasteiger charge is -2.41. The molecular formula is C18H18N6O. The molecule has 1 aromatic carbocycles. The molecule has 0 saturated carbocycles. The number of aromatic nitrogens is 3. The molecule has 7 nitrogen and oxygen atoms in total. The Morgan fingerprint density at radius 2 is 2.04 bits per heavy atom. The van der Waals surface area contributed by atoms with Gasteiger partial charge in [0.1, 0.15) is 0 Å². The van der Waals surface area contributed by atoms with Crippen molar-refractivity contribution >= 4 is 28.3 Å². The summed E-state index contributed by atoms with van der Waals surface area (Å²) in [6.45, 7) is 3.20. The predicted molar refractivity (Wildman–Crippen MR) is 96.0 cm³/mol. The van der Waals surface area contributed by atoms with Crippen molar-refractivity contribution in [2.24, 2.45) is 0 Å². The van der Waals surface area contributed by atoms with Gasteiger partial charge in [-0.3, -0.25) is 14.6 Å². The molecule has 0 aliphatic carbocycles. The second-order valence-electron chi connectivity index (χ2n) is 6.47. The molecule has 2 saturated heterocycles. The molecule has 2 aromatic heterocycles. The van der Waals surface area contributed by atoms with Crippen molar-refractivity contribution < 1.29 is 4.79 Å². The normalized spacial score (nSPS) is 17.8. The fraction of sp³-hybridized carbons (Fsp3) is 0.278. The molecule has 2 fully saturated rings. The Labute approximate surface area is 144 Å². The minimum atomic E-state index is -0.0435. The van der Waals surface area contributed by atoms with Crippen LogP contribution in [0, 0.1) is 0 Å². The minimum absolute atomic E-state index is 0.0435. The average Bonchev–Trinajstić information content (AvgIpc) is 3.23. The van der Waals surface area contributed by atoms with Crippen LogP contribution in [0.1, 0.15) is 6.04 Å². The molecule has 0 atom stereocenters. The van der Waals surface area contributed by atoms with Crippen LogP contribution in [0.2, 0.25) is 0 Å². The first kappa shape index (κ1) is 14.3. The highest BCUT2D eigenvalue weighted by molar-refractivity contribution is 5.94. The van der Waals surface area contributed by atoms with Crippen LogP contribution in [-0.4, -0.2) is 47.0 Å². The van der Waals surface area contributed by atoms with Crippen molar-refractivity contribution in [1.29, 1.82) is 0 Å². The first-order chi connectivity index (χ1) is 12.3. The molecule has 2 amide bonds. The van der Waals surface area contributed by atoms with E-state index in [1.165, 1.54) is 11.1 Å². The topological polar surface area (TPSA) is 66.3 Å². The number of benzene rings is 1. The van der Waals surface area contributed by atoms with Crippen molar-refractivity contribution in [3.63, 3.8) is 0 Å². The Hall–Kier alpha value is -3.09. The Morgan fingerprint density at radius 3 is 2.88 bits per heavy atom. The highest BCUT2D eigenvalue weighted by Gasteiger charge is 2.31. The van der Waals surface area contributed by atoms with Gasteiger partial charge in [0.15, 0.2) is 0 Å². The van der Waals surface area contributed by atoms with E-state index >= 15 is 0 Å². The van der Waals surface area contributed by atoms with Crippen LogP contribution in [0.3, 0.4) is 0 Å². The number of hydrogen-bond donors (Lipinski definition) is 1. The van der Waals surface area contributed by atoms with Gasteiger partial charge in [-0.05, 0) is 12.1 Å². The van der Waals surface area contributed by atoms with Gasteiger partial charge < -0.3 is 10.2 Å². The number of urea groups is 1. The van der Waals surface area contributed by atoms with Gasteiger partial charge in [0, 0.05) is 49.6 Å².